The lowest BCUT2D eigenvalue weighted by molar-refractivity contribution is -0.155. The van der Waals surface area contributed by atoms with Gasteiger partial charge in [0, 0.05) is 18.3 Å². The summed E-state index contributed by atoms with van der Waals surface area (Å²) in [7, 11) is 1.51. The van der Waals surface area contributed by atoms with E-state index in [0.717, 1.165) is 4.88 Å². The molecule has 1 aromatic rings. The molecule has 0 fully saturated rings. The van der Waals surface area contributed by atoms with Crippen molar-refractivity contribution < 1.29 is 14.7 Å². The number of aryl methyl sites for hydroxylation is 1. The Labute approximate surface area is 115 Å². The van der Waals surface area contributed by atoms with Crippen molar-refractivity contribution in [3.63, 3.8) is 0 Å². The molecule has 0 aliphatic rings. The van der Waals surface area contributed by atoms with Crippen molar-refractivity contribution in [2.24, 2.45) is 0 Å². The lowest BCUT2D eigenvalue weighted by Gasteiger charge is -2.31. The quantitative estimate of drug-likeness (QED) is 0.906. The predicted octanol–water partition coefficient (Wildman–Crippen LogP) is 2.66. The van der Waals surface area contributed by atoms with Gasteiger partial charge in [0.15, 0.2) is 0 Å². The number of amides is 1. The van der Waals surface area contributed by atoms with Crippen LogP contribution in [-0.4, -0.2) is 34.5 Å². The monoisotopic (exact) mass is 289 g/mol. The number of likely N-dealkylation sites (N-methyl/N-ethyl adjacent to an activating group) is 1. The lowest BCUT2D eigenvalue weighted by atomic mass is 10.0. The molecule has 1 heterocycles. The standard InChI is InChI=1S/C12H16ClNO3S/c1-12(2,11(16)17)14(3)10(15)7-5-8-4-6-9(13)18-8/h4,6H,5,7H2,1-3H3,(H,16,17). The molecule has 4 nitrogen and oxygen atoms in total. The molecule has 0 spiro atoms. The van der Waals surface area contributed by atoms with Crippen LogP contribution >= 0.6 is 22.9 Å². The van der Waals surface area contributed by atoms with Crippen LogP contribution in [0.3, 0.4) is 0 Å². The first-order chi connectivity index (χ1) is 8.25. The van der Waals surface area contributed by atoms with Gasteiger partial charge in [0.25, 0.3) is 0 Å². The molecular weight excluding hydrogens is 274 g/mol. The van der Waals surface area contributed by atoms with Crippen molar-refractivity contribution in [3.05, 3.63) is 21.3 Å². The first-order valence-electron chi connectivity index (χ1n) is 5.49. The summed E-state index contributed by atoms with van der Waals surface area (Å²) in [5, 5.41) is 9.04. The van der Waals surface area contributed by atoms with E-state index in [2.05, 4.69) is 0 Å². The SMILES string of the molecule is CN(C(=O)CCc1ccc(Cl)s1)C(C)(C)C(=O)O. The minimum atomic E-state index is -1.19. The molecule has 1 N–H and O–H groups in total. The summed E-state index contributed by atoms with van der Waals surface area (Å²) in [5.74, 6) is -1.20. The molecule has 0 unspecified atom stereocenters. The number of aliphatic carboxylic acids is 1. The van der Waals surface area contributed by atoms with Crippen molar-refractivity contribution in [1.82, 2.24) is 4.90 Å². The Hall–Kier alpha value is -1.07. The van der Waals surface area contributed by atoms with Gasteiger partial charge in [-0.3, -0.25) is 4.79 Å². The summed E-state index contributed by atoms with van der Waals surface area (Å²) in [5.41, 5.74) is -1.19. The van der Waals surface area contributed by atoms with Gasteiger partial charge in [-0.15, -0.1) is 11.3 Å². The van der Waals surface area contributed by atoms with E-state index in [4.69, 9.17) is 16.7 Å². The highest BCUT2D eigenvalue weighted by Crippen LogP contribution is 2.23. The smallest absolute Gasteiger partial charge is 0.329 e. The van der Waals surface area contributed by atoms with Gasteiger partial charge in [0.2, 0.25) is 5.91 Å². The van der Waals surface area contributed by atoms with Crippen LogP contribution in [-0.2, 0) is 16.0 Å². The largest absolute Gasteiger partial charge is 0.480 e. The first-order valence-corrected chi connectivity index (χ1v) is 6.69. The first kappa shape index (κ1) is 15.0. The van der Waals surface area contributed by atoms with E-state index in [1.165, 1.54) is 37.1 Å². The van der Waals surface area contributed by atoms with Gasteiger partial charge in [-0.25, -0.2) is 4.79 Å². The number of rotatable bonds is 5. The average molecular weight is 290 g/mol. The van der Waals surface area contributed by atoms with Gasteiger partial charge in [0.1, 0.15) is 5.54 Å². The Balaban J connectivity index is 2.58. The topological polar surface area (TPSA) is 57.6 Å². The second kappa shape index (κ2) is 5.71. The predicted molar refractivity (Wildman–Crippen MR) is 72.1 cm³/mol. The van der Waals surface area contributed by atoms with Crippen molar-refractivity contribution in [2.75, 3.05) is 7.05 Å². The molecular formula is C12H16ClNO3S. The van der Waals surface area contributed by atoms with E-state index in [9.17, 15) is 9.59 Å². The molecule has 0 aliphatic heterocycles. The number of carboxylic acid groups (broad SMARTS) is 1. The van der Waals surface area contributed by atoms with Crippen LogP contribution in [0.4, 0.5) is 0 Å². The van der Waals surface area contributed by atoms with Gasteiger partial charge in [-0.2, -0.15) is 0 Å². The Morgan fingerprint density at radius 3 is 2.50 bits per heavy atom. The zero-order valence-electron chi connectivity index (χ0n) is 10.6. The van der Waals surface area contributed by atoms with Crippen molar-refractivity contribution >= 4 is 34.8 Å². The van der Waals surface area contributed by atoms with E-state index in [-0.39, 0.29) is 12.3 Å². The van der Waals surface area contributed by atoms with Crippen LogP contribution in [0.2, 0.25) is 4.34 Å². The molecule has 0 radical (unpaired) electrons. The zero-order valence-corrected chi connectivity index (χ0v) is 12.1. The Morgan fingerprint density at radius 2 is 2.06 bits per heavy atom. The number of carbonyl (C=O) groups excluding carboxylic acids is 1. The summed E-state index contributed by atoms with van der Waals surface area (Å²) in [6, 6.07) is 3.67. The van der Waals surface area contributed by atoms with Crippen molar-refractivity contribution in [1.29, 1.82) is 0 Å². The van der Waals surface area contributed by atoms with Crippen LogP contribution in [0.15, 0.2) is 12.1 Å². The second-order valence-corrected chi connectivity index (χ2v) is 6.32. The molecule has 0 aromatic carbocycles. The average Bonchev–Trinajstić information content (AvgIpc) is 2.70. The molecule has 1 rings (SSSR count). The fraction of sp³-hybridized carbons (Fsp3) is 0.500. The molecule has 0 saturated carbocycles. The Kier molecular flexibility index (Phi) is 4.76. The fourth-order valence-corrected chi connectivity index (χ4v) is 2.43. The molecule has 0 bridgehead atoms. The normalized spacial score (nSPS) is 11.3. The van der Waals surface area contributed by atoms with Crippen molar-refractivity contribution in [2.45, 2.75) is 32.2 Å². The Bertz CT molecular complexity index is 456. The van der Waals surface area contributed by atoms with E-state index < -0.39 is 11.5 Å². The maximum Gasteiger partial charge on any atom is 0.329 e. The van der Waals surface area contributed by atoms with Crippen LogP contribution in [0.25, 0.3) is 0 Å². The van der Waals surface area contributed by atoms with Gasteiger partial charge in [-0.05, 0) is 32.4 Å². The maximum absolute atomic E-state index is 11.9. The van der Waals surface area contributed by atoms with Gasteiger partial charge < -0.3 is 10.0 Å². The molecule has 0 aliphatic carbocycles. The zero-order chi connectivity index (χ0) is 13.9. The number of hydrogen-bond acceptors (Lipinski definition) is 3. The summed E-state index contributed by atoms with van der Waals surface area (Å²) in [6.07, 6.45) is 0.861. The third-order valence-corrected chi connectivity index (χ3v) is 4.24. The van der Waals surface area contributed by atoms with Crippen molar-refractivity contribution in [3.8, 4) is 0 Å². The van der Waals surface area contributed by atoms with E-state index in [0.29, 0.717) is 10.8 Å². The molecule has 0 saturated heterocycles. The molecule has 0 atom stereocenters. The van der Waals surface area contributed by atoms with Crippen LogP contribution in [0.5, 0.6) is 0 Å². The molecule has 18 heavy (non-hydrogen) atoms. The maximum atomic E-state index is 11.9. The van der Waals surface area contributed by atoms with Gasteiger partial charge in [0.05, 0.1) is 4.34 Å². The number of carbonyl (C=O) groups is 2. The molecule has 100 valence electrons. The van der Waals surface area contributed by atoms with Gasteiger partial charge >= 0.3 is 5.97 Å². The minimum absolute atomic E-state index is 0.188. The summed E-state index contributed by atoms with van der Waals surface area (Å²) < 4.78 is 0.691. The highest BCUT2D eigenvalue weighted by atomic mass is 35.5. The Morgan fingerprint density at radius 1 is 1.44 bits per heavy atom. The molecule has 1 amide bonds. The fourth-order valence-electron chi connectivity index (χ4n) is 1.34. The third kappa shape index (κ3) is 3.46. The third-order valence-electron chi connectivity index (χ3n) is 2.95. The van der Waals surface area contributed by atoms with Crippen LogP contribution in [0.1, 0.15) is 25.1 Å². The number of thiophene rings is 1. The molecule has 6 heteroatoms. The van der Waals surface area contributed by atoms with Crippen LogP contribution in [0, 0.1) is 0 Å². The van der Waals surface area contributed by atoms with E-state index >= 15 is 0 Å². The van der Waals surface area contributed by atoms with Gasteiger partial charge in [-0.1, -0.05) is 11.6 Å². The summed E-state index contributed by atoms with van der Waals surface area (Å²) in [6.45, 7) is 3.02. The highest BCUT2D eigenvalue weighted by Gasteiger charge is 2.34. The van der Waals surface area contributed by atoms with Crippen LogP contribution < -0.4 is 0 Å². The lowest BCUT2D eigenvalue weighted by Crippen LogP contribution is -2.50. The second-order valence-electron chi connectivity index (χ2n) is 4.52. The number of halogens is 1. The number of hydrogen-bond donors (Lipinski definition) is 1. The number of carboxylic acids is 1. The summed E-state index contributed by atoms with van der Waals surface area (Å²) >= 11 is 7.23. The highest BCUT2D eigenvalue weighted by molar-refractivity contribution is 7.16. The summed E-state index contributed by atoms with van der Waals surface area (Å²) in [4.78, 5) is 25.2. The number of nitrogens with zero attached hydrogens (tertiary/aromatic N) is 1. The molecule has 1 aromatic heterocycles. The van der Waals surface area contributed by atoms with E-state index in [1.54, 1.807) is 6.07 Å². The van der Waals surface area contributed by atoms with E-state index in [1.807, 2.05) is 6.07 Å². The minimum Gasteiger partial charge on any atom is -0.480 e.